The maximum Gasteiger partial charge on any atom is 0.261 e. The molecule has 1 saturated heterocycles. The third-order valence-corrected chi connectivity index (χ3v) is 4.64. The van der Waals surface area contributed by atoms with Gasteiger partial charge in [-0.15, -0.1) is 0 Å². The van der Waals surface area contributed by atoms with E-state index in [1.54, 1.807) is 18.2 Å². The van der Waals surface area contributed by atoms with Crippen LogP contribution in [0.3, 0.4) is 0 Å². The van der Waals surface area contributed by atoms with Gasteiger partial charge in [-0.1, -0.05) is 30.3 Å². The molecule has 132 valence electrons. The number of amides is 3. The Labute approximate surface area is 150 Å². The molecular weight excluding hydrogens is 332 g/mol. The number of hydrogen-bond acceptors (Lipinski definition) is 4. The van der Waals surface area contributed by atoms with Gasteiger partial charge in [-0.25, -0.2) is 0 Å². The van der Waals surface area contributed by atoms with E-state index in [0.717, 1.165) is 12.0 Å². The molecule has 2 aliphatic heterocycles. The van der Waals surface area contributed by atoms with E-state index in [1.165, 1.54) is 4.90 Å². The minimum absolute atomic E-state index is 0.222. The SMILES string of the molecule is O=C(Nc1ccc2c(c1)C(=O)N(Cc1ccccc1)C2=O)C1CCCO1. The molecule has 4 rings (SSSR count). The summed E-state index contributed by atoms with van der Waals surface area (Å²) in [5.41, 5.74) is 2.05. The highest BCUT2D eigenvalue weighted by molar-refractivity contribution is 6.21. The standard InChI is InChI=1S/C20H18N2O4/c23-18(17-7-4-10-26-17)21-14-8-9-15-16(11-14)20(25)22(19(15)24)12-13-5-2-1-3-6-13/h1-3,5-6,8-9,11,17H,4,7,10,12H2,(H,21,23). The van der Waals surface area contributed by atoms with Crippen LogP contribution in [-0.4, -0.2) is 35.3 Å². The zero-order valence-corrected chi connectivity index (χ0v) is 14.1. The molecule has 6 heteroatoms. The number of anilines is 1. The Bertz CT molecular complexity index is 873. The van der Waals surface area contributed by atoms with Gasteiger partial charge >= 0.3 is 0 Å². The molecule has 1 unspecified atom stereocenters. The maximum atomic E-state index is 12.7. The number of rotatable bonds is 4. The molecule has 1 atom stereocenters. The largest absolute Gasteiger partial charge is 0.368 e. The minimum atomic E-state index is -0.449. The number of fused-ring (bicyclic) bond motifs is 1. The molecule has 1 fully saturated rings. The Hall–Kier alpha value is -2.99. The van der Waals surface area contributed by atoms with Crippen LogP contribution in [0.15, 0.2) is 48.5 Å². The fourth-order valence-corrected chi connectivity index (χ4v) is 3.29. The highest BCUT2D eigenvalue weighted by Crippen LogP contribution is 2.27. The average molecular weight is 350 g/mol. The summed E-state index contributed by atoms with van der Waals surface area (Å²) in [7, 11) is 0. The van der Waals surface area contributed by atoms with Crippen LogP contribution in [0.5, 0.6) is 0 Å². The molecule has 2 aliphatic rings. The van der Waals surface area contributed by atoms with E-state index < -0.39 is 6.10 Å². The highest BCUT2D eigenvalue weighted by Gasteiger charge is 2.35. The number of nitrogens with zero attached hydrogens (tertiary/aromatic N) is 1. The van der Waals surface area contributed by atoms with Gasteiger partial charge in [0.2, 0.25) is 0 Å². The van der Waals surface area contributed by atoms with Gasteiger partial charge in [-0.2, -0.15) is 0 Å². The van der Waals surface area contributed by atoms with Crippen molar-refractivity contribution in [2.75, 3.05) is 11.9 Å². The van der Waals surface area contributed by atoms with Crippen LogP contribution >= 0.6 is 0 Å². The molecule has 2 aromatic rings. The summed E-state index contributed by atoms with van der Waals surface area (Å²) in [4.78, 5) is 38.6. The topological polar surface area (TPSA) is 75.7 Å². The molecule has 0 spiro atoms. The van der Waals surface area contributed by atoms with Crippen molar-refractivity contribution in [2.45, 2.75) is 25.5 Å². The van der Waals surface area contributed by atoms with Crippen molar-refractivity contribution in [3.63, 3.8) is 0 Å². The Kier molecular flexibility index (Phi) is 4.26. The molecule has 2 heterocycles. The summed E-state index contributed by atoms with van der Waals surface area (Å²) in [5, 5.41) is 2.77. The van der Waals surface area contributed by atoms with Crippen LogP contribution in [0.25, 0.3) is 0 Å². The van der Waals surface area contributed by atoms with Crippen LogP contribution in [0.2, 0.25) is 0 Å². The van der Waals surface area contributed by atoms with E-state index in [0.29, 0.717) is 29.8 Å². The summed E-state index contributed by atoms with van der Waals surface area (Å²) in [6.07, 6.45) is 1.11. The van der Waals surface area contributed by atoms with Crippen molar-refractivity contribution in [2.24, 2.45) is 0 Å². The van der Waals surface area contributed by atoms with E-state index in [2.05, 4.69) is 5.32 Å². The number of ether oxygens (including phenoxy) is 1. The quantitative estimate of drug-likeness (QED) is 0.860. The number of nitrogens with one attached hydrogen (secondary N) is 1. The third-order valence-electron chi connectivity index (χ3n) is 4.64. The molecule has 1 N–H and O–H groups in total. The minimum Gasteiger partial charge on any atom is -0.368 e. The van der Waals surface area contributed by atoms with Crippen molar-refractivity contribution in [3.05, 3.63) is 65.2 Å². The molecule has 2 aromatic carbocycles. The van der Waals surface area contributed by atoms with E-state index in [-0.39, 0.29) is 24.3 Å². The third kappa shape index (κ3) is 2.99. The van der Waals surface area contributed by atoms with Crippen LogP contribution in [-0.2, 0) is 16.1 Å². The summed E-state index contributed by atoms with van der Waals surface area (Å²) in [6, 6.07) is 14.2. The fourth-order valence-electron chi connectivity index (χ4n) is 3.29. The predicted octanol–water partition coefficient (Wildman–Crippen LogP) is 2.60. The van der Waals surface area contributed by atoms with Crippen LogP contribution in [0, 0.1) is 0 Å². The second kappa shape index (κ2) is 6.72. The molecule has 6 nitrogen and oxygen atoms in total. The maximum absolute atomic E-state index is 12.7. The van der Waals surface area contributed by atoms with Gasteiger partial charge in [0, 0.05) is 12.3 Å². The van der Waals surface area contributed by atoms with E-state index in [4.69, 9.17) is 4.74 Å². The Morgan fingerprint density at radius 2 is 1.85 bits per heavy atom. The van der Waals surface area contributed by atoms with Crippen LogP contribution in [0.1, 0.15) is 39.1 Å². The lowest BCUT2D eigenvalue weighted by molar-refractivity contribution is -0.124. The summed E-state index contributed by atoms with van der Waals surface area (Å²) in [6.45, 7) is 0.814. The molecule has 0 radical (unpaired) electrons. The number of carbonyl (C=O) groups excluding carboxylic acids is 3. The zero-order valence-electron chi connectivity index (χ0n) is 14.1. The van der Waals surface area contributed by atoms with E-state index >= 15 is 0 Å². The van der Waals surface area contributed by atoms with E-state index in [1.807, 2.05) is 30.3 Å². The highest BCUT2D eigenvalue weighted by atomic mass is 16.5. The van der Waals surface area contributed by atoms with E-state index in [9.17, 15) is 14.4 Å². The summed E-state index contributed by atoms with van der Waals surface area (Å²) >= 11 is 0. The van der Waals surface area contributed by atoms with Gasteiger partial charge in [0.25, 0.3) is 17.7 Å². The van der Waals surface area contributed by atoms with Crippen molar-refractivity contribution in [1.82, 2.24) is 4.90 Å². The normalized spacial score (nSPS) is 18.9. The molecule has 0 aliphatic carbocycles. The van der Waals surface area contributed by atoms with Gasteiger partial charge in [0.1, 0.15) is 6.10 Å². The molecule has 0 bridgehead atoms. The van der Waals surface area contributed by atoms with Gasteiger partial charge in [-0.3, -0.25) is 19.3 Å². The van der Waals surface area contributed by atoms with Gasteiger partial charge in [0.15, 0.2) is 0 Å². The van der Waals surface area contributed by atoms with Crippen molar-refractivity contribution in [3.8, 4) is 0 Å². The average Bonchev–Trinajstić information content (AvgIpc) is 3.27. The second-order valence-electron chi connectivity index (χ2n) is 6.43. The number of carbonyl (C=O) groups is 3. The second-order valence-corrected chi connectivity index (χ2v) is 6.43. The van der Waals surface area contributed by atoms with Crippen LogP contribution < -0.4 is 5.32 Å². The smallest absolute Gasteiger partial charge is 0.261 e. The van der Waals surface area contributed by atoms with Crippen molar-refractivity contribution in [1.29, 1.82) is 0 Å². The first-order chi connectivity index (χ1) is 12.6. The predicted molar refractivity (Wildman–Crippen MR) is 94.7 cm³/mol. The van der Waals surface area contributed by atoms with Crippen molar-refractivity contribution >= 4 is 23.4 Å². The molecular formula is C20H18N2O4. The lowest BCUT2D eigenvalue weighted by atomic mass is 10.1. The zero-order chi connectivity index (χ0) is 18.1. The summed E-state index contributed by atoms with van der Waals surface area (Å²) < 4.78 is 5.36. The first-order valence-corrected chi connectivity index (χ1v) is 8.60. The number of benzene rings is 2. The molecule has 26 heavy (non-hydrogen) atoms. The van der Waals surface area contributed by atoms with Gasteiger partial charge in [-0.05, 0) is 36.6 Å². The van der Waals surface area contributed by atoms with Crippen molar-refractivity contribution < 1.29 is 19.1 Å². The number of imide groups is 1. The lowest BCUT2D eigenvalue weighted by Gasteiger charge is -2.13. The number of hydrogen-bond donors (Lipinski definition) is 1. The Morgan fingerprint density at radius 1 is 1.08 bits per heavy atom. The fraction of sp³-hybridized carbons (Fsp3) is 0.250. The monoisotopic (exact) mass is 350 g/mol. The lowest BCUT2D eigenvalue weighted by Crippen LogP contribution is -2.29. The summed E-state index contributed by atoms with van der Waals surface area (Å²) in [5.74, 6) is -0.881. The Balaban J connectivity index is 1.53. The first-order valence-electron chi connectivity index (χ1n) is 8.60. The van der Waals surface area contributed by atoms with Gasteiger partial charge in [0.05, 0.1) is 17.7 Å². The van der Waals surface area contributed by atoms with Gasteiger partial charge < -0.3 is 10.1 Å². The molecule has 0 aromatic heterocycles. The first kappa shape index (κ1) is 16.5. The van der Waals surface area contributed by atoms with Crippen LogP contribution in [0.4, 0.5) is 5.69 Å². The Morgan fingerprint density at radius 3 is 2.58 bits per heavy atom. The molecule has 0 saturated carbocycles. The molecule has 3 amide bonds.